The van der Waals surface area contributed by atoms with Crippen molar-refractivity contribution in [1.82, 2.24) is 0 Å². The Bertz CT molecular complexity index is 1380. The Morgan fingerprint density at radius 2 is 1.40 bits per heavy atom. The zero-order valence-corrected chi connectivity index (χ0v) is 16.5. The van der Waals surface area contributed by atoms with Crippen molar-refractivity contribution in [3.05, 3.63) is 114 Å². The minimum absolute atomic E-state index is 0.577. The Labute approximate surface area is 175 Å². The van der Waals surface area contributed by atoms with Gasteiger partial charge in [0.05, 0.1) is 17.9 Å². The number of rotatable bonds is 5. The summed E-state index contributed by atoms with van der Waals surface area (Å²) in [5.41, 5.74) is 6.57. The molecule has 3 heteroatoms. The fraction of sp³-hybridized carbons (Fsp3) is 0.0370. The average Bonchev–Trinajstić information content (AvgIpc) is 3.19. The molecule has 144 valence electrons. The van der Waals surface area contributed by atoms with E-state index in [1.807, 2.05) is 66.7 Å². The predicted molar refractivity (Wildman–Crippen MR) is 125 cm³/mol. The molecular weight excluding hydrogens is 368 g/mol. The van der Waals surface area contributed by atoms with E-state index in [1.165, 1.54) is 0 Å². The third kappa shape index (κ3) is 3.20. The third-order valence-corrected chi connectivity index (χ3v) is 5.25. The van der Waals surface area contributed by atoms with Gasteiger partial charge in [-0.3, -0.25) is 9.98 Å². The van der Waals surface area contributed by atoms with Crippen LogP contribution in [0.1, 0.15) is 16.7 Å². The van der Waals surface area contributed by atoms with Crippen molar-refractivity contribution in [2.45, 2.75) is 6.54 Å². The van der Waals surface area contributed by atoms with Crippen LogP contribution in [0.4, 0.5) is 5.69 Å². The molecule has 30 heavy (non-hydrogen) atoms. The van der Waals surface area contributed by atoms with E-state index in [1.54, 1.807) is 0 Å². The second-order valence-electron chi connectivity index (χ2n) is 7.10. The highest BCUT2D eigenvalue weighted by Gasteiger charge is 2.17. The minimum atomic E-state index is 0.577. The van der Waals surface area contributed by atoms with Gasteiger partial charge in [-0.1, -0.05) is 78.9 Å². The summed E-state index contributed by atoms with van der Waals surface area (Å²) >= 11 is 0. The summed E-state index contributed by atoms with van der Waals surface area (Å²) in [6, 6.07) is 32.5. The summed E-state index contributed by atoms with van der Waals surface area (Å²) in [4.78, 5) is 9.31. The first-order chi connectivity index (χ1) is 14.8. The van der Waals surface area contributed by atoms with Gasteiger partial charge in [0.25, 0.3) is 0 Å². The first-order valence-corrected chi connectivity index (χ1v) is 9.90. The van der Waals surface area contributed by atoms with Gasteiger partial charge in [-0.2, -0.15) is 0 Å². The van der Waals surface area contributed by atoms with Gasteiger partial charge in [0.2, 0.25) is 0 Å². The fourth-order valence-corrected chi connectivity index (χ4v) is 3.85. The SMILES string of the molecule is C=Nc1ccccc1/C(=N\Cc1ccccc1)c1cccc2oc3ccccc3c12. The molecule has 5 aromatic rings. The topological polar surface area (TPSA) is 37.9 Å². The highest BCUT2D eigenvalue weighted by atomic mass is 16.3. The number of para-hydroxylation sites is 2. The summed E-state index contributed by atoms with van der Waals surface area (Å²) < 4.78 is 6.11. The maximum Gasteiger partial charge on any atom is 0.136 e. The van der Waals surface area contributed by atoms with E-state index in [4.69, 9.17) is 9.41 Å². The lowest BCUT2D eigenvalue weighted by molar-refractivity contribution is 0.669. The summed E-state index contributed by atoms with van der Waals surface area (Å²) in [6.45, 7) is 4.34. The first kappa shape index (κ1) is 18.1. The summed E-state index contributed by atoms with van der Waals surface area (Å²) in [7, 11) is 0. The lowest BCUT2D eigenvalue weighted by atomic mass is 9.96. The van der Waals surface area contributed by atoms with E-state index >= 15 is 0 Å². The molecule has 4 aromatic carbocycles. The van der Waals surface area contributed by atoms with Gasteiger partial charge in [-0.05, 0) is 30.5 Å². The average molecular weight is 388 g/mol. The molecule has 0 aliphatic carbocycles. The number of furan rings is 1. The Kier molecular flexibility index (Phi) is 4.70. The molecular formula is C27H20N2O. The molecule has 0 fully saturated rings. The molecule has 0 aliphatic rings. The van der Waals surface area contributed by atoms with Gasteiger partial charge < -0.3 is 4.42 Å². The molecule has 0 radical (unpaired) electrons. The molecule has 0 atom stereocenters. The molecule has 0 N–H and O–H groups in total. The van der Waals surface area contributed by atoms with E-state index < -0.39 is 0 Å². The highest BCUT2D eigenvalue weighted by Crippen LogP contribution is 2.34. The number of fused-ring (bicyclic) bond motifs is 3. The Hall–Kier alpha value is -3.98. The normalized spacial score (nSPS) is 11.8. The molecule has 0 saturated carbocycles. The van der Waals surface area contributed by atoms with E-state index in [0.29, 0.717) is 6.54 Å². The molecule has 0 aliphatic heterocycles. The lowest BCUT2D eigenvalue weighted by Gasteiger charge is -2.12. The van der Waals surface area contributed by atoms with Crippen LogP contribution in [0.3, 0.4) is 0 Å². The van der Waals surface area contributed by atoms with Crippen molar-refractivity contribution in [1.29, 1.82) is 0 Å². The lowest BCUT2D eigenvalue weighted by Crippen LogP contribution is -2.05. The van der Waals surface area contributed by atoms with Crippen LogP contribution in [0.2, 0.25) is 0 Å². The van der Waals surface area contributed by atoms with Crippen LogP contribution in [0.5, 0.6) is 0 Å². The van der Waals surface area contributed by atoms with E-state index in [2.05, 4.69) is 42.0 Å². The van der Waals surface area contributed by atoms with Gasteiger partial charge >= 0.3 is 0 Å². The Balaban J connectivity index is 1.78. The van der Waals surface area contributed by atoms with Crippen molar-refractivity contribution in [2.24, 2.45) is 9.98 Å². The number of hydrogen-bond donors (Lipinski definition) is 0. The number of nitrogens with zero attached hydrogens (tertiary/aromatic N) is 2. The van der Waals surface area contributed by atoms with Gasteiger partial charge in [-0.25, -0.2) is 0 Å². The van der Waals surface area contributed by atoms with Crippen molar-refractivity contribution >= 4 is 40.1 Å². The summed E-state index contributed by atoms with van der Waals surface area (Å²) in [5.74, 6) is 0. The quantitative estimate of drug-likeness (QED) is 0.300. The molecule has 1 heterocycles. The standard InChI is InChI=1S/C27H20N2O/c1-28-23-15-7-5-12-20(23)27(29-18-19-10-3-2-4-11-19)22-14-9-17-25-26(22)21-13-6-8-16-24(21)30-25/h2-17H,1,18H2/b29-27+. The maximum absolute atomic E-state index is 6.11. The third-order valence-electron chi connectivity index (χ3n) is 5.25. The smallest absolute Gasteiger partial charge is 0.136 e. The fourth-order valence-electron chi connectivity index (χ4n) is 3.85. The summed E-state index contributed by atoms with van der Waals surface area (Å²) in [6.07, 6.45) is 0. The van der Waals surface area contributed by atoms with Crippen LogP contribution in [-0.4, -0.2) is 12.4 Å². The van der Waals surface area contributed by atoms with Crippen molar-refractivity contribution < 1.29 is 4.42 Å². The molecule has 0 spiro atoms. The van der Waals surface area contributed by atoms with Crippen LogP contribution in [0, 0.1) is 0 Å². The molecule has 3 nitrogen and oxygen atoms in total. The van der Waals surface area contributed by atoms with Gasteiger partial charge in [-0.15, -0.1) is 0 Å². The van der Waals surface area contributed by atoms with Crippen molar-refractivity contribution in [3.63, 3.8) is 0 Å². The largest absolute Gasteiger partial charge is 0.456 e. The number of hydrogen-bond acceptors (Lipinski definition) is 3. The van der Waals surface area contributed by atoms with Crippen LogP contribution in [-0.2, 0) is 6.54 Å². The van der Waals surface area contributed by atoms with Crippen LogP contribution < -0.4 is 0 Å². The molecule has 5 rings (SSSR count). The van der Waals surface area contributed by atoms with Gasteiger partial charge in [0.15, 0.2) is 0 Å². The van der Waals surface area contributed by atoms with E-state index in [-0.39, 0.29) is 0 Å². The monoisotopic (exact) mass is 388 g/mol. The van der Waals surface area contributed by atoms with Gasteiger partial charge in [0.1, 0.15) is 11.2 Å². The maximum atomic E-state index is 6.11. The Morgan fingerprint density at radius 3 is 2.27 bits per heavy atom. The second-order valence-corrected chi connectivity index (χ2v) is 7.10. The Morgan fingerprint density at radius 1 is 0.700 bits per heavy atom. The zero-order chi connectivity index (χ0) is 20.3. The minimum Gasteiger partial charge on any atom is -0.456 e. The van der Waals surface area contributed by atoms with Crippen LogP contribution >= 0.6 is 0 Å². The van der Waals surface area contributed by atoms with E-state index in [0.717, 1.165) is 50.0 Å². The van der Waals surface area contributed by atoms with Crippen LogP contribution in [0.25, 0.3) is 21.9 Å². The van der Waals surface area contributed by atoms with Crippen LogP contribution in [0.15, 0.2) is 111 Å². The number of aliphatic imine (C=N–C) groups is 2. The molecule has 0 saturated heterocycles. The number of benzene rings is 4. The van der Waals surface area contributed by atoms with E-state index in [9.17, 15) is 0 Å². The predicted octanol–water partition coefficient (Wildman–Crippen LogP) is 6.96. The molecule has 0 amide bonds. The second kappa shape index (κ2) is 7.80. The first-order valence-electron chi connectivity index (χ1n) is 9.90. The van der Waals surface area contributed by atoms with Crippen molar-refractivity contribution in [2.75, 3.05) is 0 Å². The molecule has 0 unspecified atom stereocenters. The highest BCUT2D eigenvalue weighted by molar-refractivity contribution is 6.25. The molecule has 1 aromatic heterocycles. The van der Waals surface area contributed by atoms with Gasteiger partial charge in [0, 0.05) is 21.9 Å². The van der Waals surface area contributed by atoms with Crippen molar-refractivity contribution in [3.8, 4) is 0 Å². The zero-order valence-electron chi connectivity index (χ0n) is 16.5. The molecule has 0 bridgehead atoms. The summed E-state index contributed by atoms with van der Waals surface area (Å²) in [5, 5.41) is 2.15.